The van der Waals surface area contributed by atoms with Crippen molar-refractivity contribution in [1.82, 2.24) is 0 Å². The van der Waals surface area contributed by atoms with Crippen molar-refractivity contribution in [2.75, 3.05) is 0 Å². The number of hydrogen-bond donors (Lipinski definition) is 0. The fourth-order valence-electron chi connectivity index (χ4n) is 3.26. The van der Waals surface area contributed by atoms with E-state index < -0.39 is 0 Å². The minimum atomic E-state index is 0.119. The maximum atomic E-state index is 12.9. The predicted octanol–water partition coefficient (Wildman–Crippen LogP) is 5.57. The lowest BCUT2D eigenvalue weighted by Crippen LogP contribution is -2.20. The Labute approximate surface area is 148 Å². The Hall–Kier alpha value is -3.19. The summed E-state index contributed by atoms with van der Waals surface area (Å²) in [5.41, 5.74) is 6.97. The number of Topliss-reactive ketones (excluding diaryl/α,β-unsaturated/α-hetero) is 1. The molecule has 0 spiro atoms. The summed E-state index contributed by atoms with van der Waals surface area (Å²) < 4.78 is 0. The zero-order chi connectivity index (χ0) is 17.2. The van der Waals surface area contributed by atoms with Gasteiger partial charge in [0.15, 0.2) is 5.78 Å². The van der Waals surface area contributed by atoms with E-state index in [4.69, 9.17) is 0 Å². The first-order valence-electron chi connectivity index (χ1n) is 8.43. The van der Waals surface area contributed by atoms with Gasteiger partial charge in [-0.2, -0.15) is 0 Å². The molecule has 0 amide bonds. The molecule has 0 saturated carbocycles. The molecule has 1 aliphatic rings. The van der Waals surface area contributed by atoms with Gasteiger partial charge in [-0.1, -0.05) is 84.9 Å². The van der Waals surface area contributed by atoms with Gasteiger partial charge in [0, 0.05) is 16.7 Å². The largest absolute Gasteiger partial charge is 0.289 e. The van der Waals surface area contributed by atoms with Crippen LogP contribution in [0.5, 0.6) is 0 Å². The molecule has 0 saturated heterocycles. The van der Waals surface area contributed by atoms with E-state index in [1.54, 1.807) is 0 Å². The van der Waals surface area contributed by atoms with Gasteiger partial charge >= 0.3 is 0 Å². The molecule has 1 heteroatoms. The zero-order valence-corrected chi connectivity index (χ0v) is 14.1. The van der Waals surface area contributed by atoms with Crippen LogP contribution in [-0.4, -0.2) is 5.78 Å². The van der Waals surface area contributed by atoms with Crippen molar-refractivity contribution in [2.24, 2.45) is 0 Å². The molecule has 1 nitrogen and oxygen atoms in total. The summed E-state index contributed by atoms with van der Waals surface area (Å²) in [6, 6.07) is 28.2. The number of carbonyl (C=O) groups is 1. The molecule has 0 unspecified atom stereocenters. The third-order valence-corrected chi connectivity index (χ3v) is 4.60. The monoisotopic (exact) mass is 322 g/mol. The summed E-state index contributed by atoms with van der Waals surface area (Å²) in [4.78, 5) is 12.9. The Balaban J connectivity index is 1.91. The van der Waals surface area contributed by atoms with Crippen LogP contribution in [0.15, 0.2) is 90.5 Å². The SMILES string of the molecule is Cc1ccccc1C=C1C(=O)C(c2ccccc2)=C1c1ccccc1. The van der Waals surface area contributed by atoms with Crippen molar-refractivity contribution in [3.8, 4) is 0 Å². The van der Waals surface area contributed by atoms with Crippen LogP contribution in [0.4, 0.5) is 0 Å². The Morgan fingerprint density at radius 3 is 1.76 bits per heavy atom. The Kier molecular flexibility index (Phi) is 3.91. The van der Waals surface area contributed by atoms with Crippen LogP contribution in [0.3, 0.4) is 0 Å². The number of hydrogen-bond acceptors (Lipinski definition) is 1. The van der Waals surface area contributed by atoms with Crippen molar-refractivity contribution in [3.63, 3.8) is 0 Å². The molecule has 25 heavy (non-hydrogen) atoms. The van der Waals surface area contributed by atoms with Crippen molar-refractivity contribution in [3.05, 3.63) is 113 Å². The molecule has 0 aliphatic heterocycles. The lowest BCUT2D eigenvalue weighted by molar-refractivity contribution is -0.110. The maximum absolute atomic E-state index is 12.9. The first kappa shape index (κ1) is 15.3. The number of allylic oxidation sites excluding steroid dienone is 3. The van der Waals surface area contributed by atoms with E-state index in [9.17, 15) is 4.79 Å². The standard InChI is InChI=1S/C24H18O/c1-17-10-8-9-15-20(17)16-21-22(18-11-4-2-5-12-18)23(24(21)25)19-13-6-3-7-14-19/h2-16H,1H3. The van der Waals surface area contributed by atoms with Gasteiger partial charge in [-0.05, 0) is 35.3 Å². The van der Waals surface area contributed by atoms with E-state index >= 15 is 0 Å². The summed E-state index contributed by atoms with van der Waals surface area (Å²) in [5, 5.41) is 0. The van der Waals surface area contributed by atoms with Crippen molar-refractivity contribution >= 4 is 23.0 Å². The van der Waals surface area contributed by atoms with Crippen LogP contribution in [0, 0.1) is 6.92 Å². The van der Waals surface area contributed by atoms with Gasteiger partial charge in [-0.3, -0.25) is 4.79 Å². The van der Waals surface area contributed by atoms with Crippen LogP contribution in [-0.2, 0) is 4.79 Å². The van der Waals surface area contributed by atoms with Crippen LogP contribution >= 0.6 is 0 Å². The van der Waals surface area contributed by atoms with E-state index in [0.717, 1.165) is 33.4 Å². The predicted molar refractivity (Wildman–Crippen MR) is 104 cm³/mol. The molecule has 0 heterocycles. The molecular formula is C24H18O. The molecule has 1 aliphatic carbocycles. The second kappa shape index (κ2) is 6.37. The Bertz CT molecular complexity index is 993. The highest BCUT2D eigenvalue weighted by Crippen LogP contribution is 2.44. The highest BCUT2D eigenvalue weighted by atomic mass is 16.1. The average molecular weight is 322 g/mol. The van der Waals surface area contributed by atoms with Crippen LogP contribution in [0.25, 0.3) is 17.2 Å². The third-order valence-electron chi connectivity index (χ3n) is 4.60. The van der Waals surface area contributed by atoms with E-state index in [1.165, 1.54) is 5.56 Å². The van der Waals surface area contributed by atoms with Gasteiger partial charge in [0.2, 0.25) is 0 Å². The third kappa shape index (κ3) is 2.74. The summed E-state index contributed by atoms with van der Waals surface area (Å²) in [6.45, 7) is 2.07. The second-order valence-electron chi connectivity index (χ2n) is 6.23. The quantitative estimate of drug-likeness (QED) is 0.576. The van der Waals surface area contributed by atoms with Gasteiger partial charge in [-0.15, -0.1) is 0 Å². The topological polar surface area (TPSA) is 17.1 Å². The first-order chi connectivity index (χ1) is 12.3. The number of benzene rings is 3. The minimum absolute atomic E-state index is 0.119. The number of carbonyl (C=O) groups excluding carboxylic acids is 1. The minimum Gasteiger partial charge on any atom is -0.289 e. The molecule has 3 aromatic carbocycles. The fourth-order valence-corrected chi connectivity index (χ4v) is 3.26. The molecule has 0 N–H and O–H groups in total. The van der Waals surface area contributed by atoms with Gasteiger partial charge in [0.25, 0.3) is 0 Å². The molecule has 3 aromatic rings. The molecule has 0 aromatic heterocycles. The summed E-state index contributed by atoms with van der Waals surface area (Å²) >= 11 is 0. The molecule has 0 atom stereocenters. The fraction of sp³-hybridized carbons (Fsp3) is 0.0417. The first-order valence-corrected chi connectivity index (χ1v) is 8.43. The normalized spacial score (nSPS) is 15.4. The molecule has 0 bridgehead atoms. The molecular weight excluding hydrogens is 304 g/mol. The second-order valence-corrected chi connectivity index (χ2v) is 6.23. The Morgan fingerprint density at radius 2 is 1.16 bits per heavy atom. The van der Waals surface area contributed by atoms with E-state index in [0.29, 0.717) is 0 Å². The van der Waals surface area contributed by atoms with Crippen LogP contribution in [0.2, 0.25) is 0 Å². The highest BCUT2D eigenvalue weighted by molar-refractivity contribution is 6.51. The Morgan fingerprint density at radius 1 is 0.640 bits per heavy atom. The van der Waals surface area contributed by atoms with Gasteiger partial charge in [0.05, 0.1) is 0 Å². The van der Waals surface area contributed by atoms with Crippen LogP contribution in [0.1, 0.15) is 22.3 Å². The van der Waals surface area contributed by atoms with Gasteiger partial charge in [-0.25, -0.2) is 0 Å². The van der Waals surface area contributed by atoms with Crippen LogP contribution < -0.4 is 0 Å². The van der Waals surface area contributed by atoms with Gasteiger partial charge in [0.1, 0.15) is 0 Å². The summed E-state index contributed by atoms with van der Waals surface area (Å²) in [5.74, 6) is 0.119. The van der Waals surface area contributed by atoms with E-state index in [-0.39, 0.29) is 5.78 Å². The lowest BCUT2D eigenvalue weighted by Gasteiger charge is -2.27. The van der Waals surface area contributed by atoms with Gasteiger partial charge < -0.3 is 0 Å². The average Bonchev–Trinajstić information content (AvgIpc) is 2.66. The smallest absolute Gasteiger partial charge is 0.194 e. The summed E-state index contributed by atoms with van der Waals surface area (Å²) in [6.07, 6.45) is 2.02. The molecule has 120 valence electrons. The van der Waals surface area contributed by atoms with E-state index in [1.807, 2.05) is 66.7 Å². The zero-order valence-electron chi connectivity index (χ0n) is 14.1. The number of ketones is 1. The lowest BCUT2D eigenvalue weighted by atomic mass is 9.74. The molecule has 0 fully saturated rings. The van der Waals surface area contributed by atoms with Crippen molar-refractivity contribution in [2.45, 2.75) is 6.92 Å². The van der Waals surface area contributed by atoms with Crippen molar-refractivity contribution in [1.29, 1.82) is 0 Å². The van der Waals surface area contributed by atoms with E-state index in [2.05, 4.69) is 31.2 Å². The highest BCUT2D eigenvalue weighted by Gasteiger charge is 2.34. The maximum Gasteiger partial charge on any atom is 0.194 e. The van der Waals surface area contributed by atoms with Crippen molar-refractivity contribution < 1.29 is 4.79 Å². The molecule has 4 rings (SSSR count). The summed E-state index contributed by atoms with van der Waals surface area (Å²) in [7, 11) is 0. The number of rotatable bonds is 3. The molecule has 0 radical (unpaired) electrons. The number of aryl methyl sites for hydroxylation is 1.